The first kappa shape index (κ1) is 12.6. The molecular weight excluding hydrogens is 279 g/mol. The zero-order valence-electron chi connectivity index (χ0n) is 8.80. The van der Waals surface area contributed by atoms with E-state index in [0.717, 1.165) is 0 Å². The van der Waals surface area contributed by atoms with Crippen molar-refractivity contribution in [2.75, 3.05) is 0 Å². The van der Waals surface area contributed by atoms with Gasteiger partial charge in [0.2, 0.25) is 0 Å². The Morgan fingerprint density at radius 2 is 2.06 bits per heavy atom. The van der Waals surface area contributed by atoms with E-state index in [-0.39, 0.29) is 22.5 Å². The van der Waals surface area contributed by atoms with E-state index in [9.17, 15) is 4.79 Å². The average Bonchev–Trinajstić information content (AvgIpc) is 2.35. The van der Waals surface area contributed by atoms with Gasteiger partial charge in [-0.25, -0.2) is 9.78 Å². The third kappa shape index (κ3) is 2.69. The summed E-state index contributed by atoms with van der Waals surface area (Å²) < 4.78 is 5.28. The van der Waals surface area contributed by atoms with Crippen LogP contribution >= 0.6 is 23.2 Å². The third-order valence-electron chi connectivity index (χ3n) is 1.97. The van der Waals surface area contributed by atoms with Crippen molar-refractivity contribution in [2.24, 2.45) is 0 Å². The lowest BCUT2D eigenvalue weighted by Crippen LogP contribution is -2.02. The Bertz CT molecular complexity index is 605. The number of carbonyl (C=O) groups is 1. The van der Waals surface area contributed by atoms with Crippen LogP contribution in [0, 0.1) is 0 Å². The number of carboxylic acids is 1. The molecule has 0 bridgehead atoms. The summed E-state index contributed by atoms with van der Waals surface area (Å²) in [6.45, 7) is 0. The van der Waals surface area contributed by atoms with E-state index >= 15 is 0 Å². The largest absolute Gasteiger partial charge is 0.477 e. The Kier molecular flexibility index (Phi) is 3.64. The minimum absolute atomic E-state index is 0.112. The highest BCUT2D eigenvalue weighted by Gasteiger charge is 2.10. The first-order chi connectivity index (χ1) is 8.58. The van der Waals surface area contributed by atoms with Crippen LogP contribution in [0.3, 0.4) is 0 Å². The molecule has 1 aromatic carbocycles. The summed E-state index contributed by atoms with van der Waals surface area (Å²) in [7, 11) is 0. The molecule has 1 aromatic heterocycles. The lowest BCUT2D eigenvalue weighted by molar-refractivity contribution is 0.0689. The van der Waals surface area contributed by atoms with Crippen LogP contribution in [0.15, 0.2) is 30.5 Å². The monoisotopic (exact) mass is 284 g/mol. The fraction of sp³-hybridized carbons (Fsp3) is 0. The molecule has 0 aliphatic carbocycles. The fourth-order valence-electron chi connectivity index (χ4n) is 1.17. The van der Waals surface area contributed by atoms with Gasteiger partial charge < -0.3 is 9.84 Å². The predicted octanol–water partition coefficient (Wildman–Crippen LogP) is 3.27. The maximum atomic E-state index is 10.7. The molecule has 0 amide bonds. The van der Waals surface area contributed by atoms with Gasteiger partial charge in [0, 0.05) is 6.20 Å². The molecule has 0 unspecified atom stereocenters. The van der Waals surface area contributed by atoms with Crippen molar-refractivity contribution in [3.05, 3.63) is 46.2 Å². The summed E-state index contributed by atoms with van der Waals surface area (Å²) in [6.07, 6.45) is 1.28. The molecule has 2 rings (SSSR count). The number of carboxylic acid groups (broad SMARTS) is 1. The van der Waals surface area contributed by atoms with Crippen LogP contribution < -0.4 is 4.74 Å². The molecule has 18 heavy (non-hydrogen) atoms. The number of rotatable bonds is 3. The van der Waals surface area contributed by atoms with Crippen molar-refractivity contribution in [3.63, 3.8) is 0 Å². The molecule has 0 aliphatic heterocycles. The normalized spacial score (nSPS) is 10.1. The van der Waals surface area contributed by atoms with Crippen LogP contribution in [-0.4, -0.2) is 21.0 Å². The van der Waals surface area contributed by atoms with Crippen LogP contribution in [0.5, 0.6) is 11.8 Å². The Morgan fingerprint density at radius 1 is 1.28 bits per heavy atom. The third-order valence-corrected chi connectivity index (χ3v) is 2.77. The molecule has 1 N–H and O–H groups in total. The van der Waals surface area contributed by atoms with Crippen LogP contribution in [0.4, 0.5) is 0 Å². The summed E-state index contributed by atoms with van der Waals surface area (Å²) >= 11 is 11.7. The van der Waals surface area contributed by atoms with Crippen molar-refractivity contribution in [3.8, 4) is 11.8 Å². The van der Waals surface area contributed by atoms with E-state index in [0.29, 0.717) is 5.02 Å². The number of hydrogen-bond acceptors (Lipinski definition) is 4. The van der Waals surface area contributed by atoms with Crippen LogP contribution in [0.1, 0.15) is 10.5 Å². The van der Waals surface area contributed by atoms with Crippen molar-refractivity contribution >= 4 is 29.2 Å². The van der Waals surface area contributed by atoms with E-state index in [4.69, 9.17) is 33.0 Å². The molecule has 2 aromatic rings. The van der Waals surface area contributed by atoms with Gasteiger partial charge in [-0.3, -0.25) is 0 Å². The van der Waals surface area contributed by atoms with Crippen molar-refractivity contribution in [2.45, 2.75) is 0 Å². The first-order valence-electron chi connectivity index (χ1n) is 4.76. The van der Waals surface area contributed by atoms with Gasteiger partial charge >= 0.3 is 12.0 Å². The van der Waals surface area contributed by atoms with E-state index in [1.807, 2.05) is 0 Å². The second-order valence-corrected chi connectivity index (χ2v) is 3.97. The number of ether oxygens (including phenoxy) is 1. The van der Waals surface area contributed by atoms with Gasteiger partial charge in [-0.2, -0.15) is 4.98 Å². The maximum absolute atomic E-state index is 10.7. The molecule has 0 atom stereocenters. The molecule has 0 radical (unpaired) electrons. The average molecular weight is 285 g/mol. The van der Waals surface area contributed by atoms with Crippen LogP contribution in [0.2, 0.25) is 10.0 Å². The Morgan fingerprint density at radius 3 is 2.78 bits per heavy atom. The zero-order valence-corrected chi connectivity index (χ0v) is 10.3. The van der Waals surface area contributed by atoms with E-state index in [1.165, 1.54) is 12.3 Å². The fourth-order valence-corrected chi connectivity index (χ4v) is 1.50. The molecule has 5 nitrogen and oxygen atoms in total. The highest BCUT2D eigenvalue weighted by molar-refractivity contribution is 6.42. The number of nitrogens with zero attached hydrogens (tertiary/aromatic N) is 2. The standard InChI is InChI=1S/C11H6Cl2N2O3/c12-6-2-1-3-8(9(6)13)18-11-14-5-4-7(15-11)10(16)17/h1-5H,(H,16,17). The number of aromatic carboxylic acids is 1. The molecule has 0 saturated carbocycles. The Hall–Kier alpha value is -1.85. The predicted molar refractivity (Wildman–Crippen MR) is 65.5 cm³/mol. The van der Waals surface area contributed by atoms with Gasteiger partial charge in [-0.1, -0.05) is 29.3 Å². The van der Waals surface area contributed by atoms with Crippen molar-refractivity contribution < 1.29 is 14.6 Å². The number of aromatic nitrogens is 2. The summed E-state index contributed by atoms with van der Waals surface area (Å²) in [6, 6.07) is 5.97. The highest BCUT2D eigenvalue weighted by atomic mass is 35.5. The number of hydrogen-bond donors (Lipinski definition) is 1. The summed E-state index contributed by atoms with van der Waals surface area (Å²) in [4.78, 5) is 18.2. The summed E-state index contributed by atoms with van der Waals surface area (Å²) in [5.74, 6) is -0.911. The van der Waals surface area contributed by atoms with Crippen molar-refractivity contribution in [1.82, 2.24) is 9.97 Å². The molecule has 92 valence electrons. The summed E-state index contributed by atoms with van der Waals surface area (Å²) in [5, 5.41) is 9.32. The molecule has 0 aliphatic rings. The van der Waals surface area contributed by atoms with Gasteiger partial charge in [0.15, 0.2) is 11.4 Å². The SMILES string of the molecule is O=C(O)c1ccnc(Oc2cccc(Cl)c2Cl)n1. The van der Waals surface area contributed by atoms with Crippen molar-refractivity contribution in [1.29, 1.82) is 0 Å². The molecular formula is C11H6Cl2N2O3. The highest BCUT2D eigenvalue weighted by Crippen LogP contribution is 2.33. The van der Waals surface area contributed by atoms with E-state index < -0.39 is 5.97 Å². The second-order valence-electron chi connectivity index (χ2n) is 3.18. The van der Waals surface area contributed by atoms with Gasteiger partial charge in [0.1, 0.15) is 5.02 Å². The number of halogens is 2. The van der Waals surface area contributed by atoms with Gasteiger partial charge in [-0.05, 0) is 18.2 Å². The molecule has 0 spiro atoms. The molecule has 0 saturated heterocycles. The first-order valence-corrected chi connectivity index (χ1v) is 5.51. The molecule has 1 heterocycles. The zero-order chi connectivity index (χ0) is 13.1. The molecule has 7 heteroatoms. The van der Waals surface area contributed by atoms with Crippen LogP contribution in [-0.2, 0) is 0 Å². The lowest BCUT2D eigenvalue weighted by Gasteiger charge is -2.06. The topological polar surface area (TPSA) is 72.3 Å². The summed E-state index contributed by atoms with van der Waals surface area (Å²) in [5.41, 5.74) is -0.168. The van der Waals surface area contributed by atoms with Gasteiger partial charge in [-0.15, -0.1) is 0 Å². The Labute approximate surface area is 112 Å². The minimum atomic E-state index is -1.17. The number of benzene rings is 1. The van der Waals surface area contributed by atoms with E-state index in [1.54, 1.807) is 18.2 Å². The van der Waals surface area contributed by atoms with Gasteiger partial charge in [0.25, 0.3) is 0 Å². The van der Waals surface area contributed by atoms with Gasteiger partial charge in [0.05, 0.1) is 5.02 Å². The maximum Gasteiger partial charge on any atom is 0.354 e. The second kappa shape index (κ2) is 5.20. The Balaban J connectivity index is 2.31. The smallest absolute Gasteiger partial charge is 0.354 e. The minimum Gasteiger partial charge on any atom is -0.477 e. The van der Waals surface area contributed by atoms with Crippen LogP contribution in [0.25, 0.3) is 0 Å². The van der Waals surface area contributed by atoms with E-state index in [2.05, 4.69) is 9.97 Å². The molecule has 0 fully saturated rings. The quantitative estimate of drug-likeness (QED) is 0.936. The lowest BCUT2D eigenvalue weighted by atomic mass is 10.3.